The van der Waals surface area contributed by atoms with Crippen LogP contribution in [0.3, 0.4) is 0 Å². The van der Waals surface area contributed by atoms with Gasteiger partial charge >= 0.3 is 5.97 Å². The summed E-state index contributed by atoms with van der Waals surface area (Å²) in [5.41, 5.74) is 0. The average Bonchev–Trinajstić information content (AvgIpc) is 2.15. The molecule has 84 valence electrons. The molecule has 0 spiro atoms. The summed E-state index contributed by atoms with van der Waals surface area (Å²) < 4.78 is 0. The smallest absolute Gasteiger partial charge is 0.313 e. The molecule has 0 aliphatic rings. The molecular weight excluding hydrogens is 196 g/mol. The van der Waals surface area contributed by atoms with Crippen LogP contribution < -0.4 is 0 Å². The van der Waals surface area contributed by atoms with E-state index in [1.165, 1.54) is 56.7 Å². The Morgan fingerprint density at radius 1 is 1.07 bits per heavy atom. The lowest BCUT2D eigenvalue weighted by Gasteiger charge is -2.00. The van der Waals surface area contributed by atoms with Crippen LogP contribution >= 0.6 is 11.8 Å². The van der Waals surface area contributed by atoms with Crippen molar-refractivity contribution < 1.29 is 9.90 Å². The lowest BCUT2D eigenvalue weighted by atomic mass is 10.1. The van der Waals surface area contributed by atoms with Gasteiger partial charge in [-0.25, -0.2) is 0 Å². The van der Waals surface area contributed by atoms with E-state index in [9.17, 15) is 4.79 Å². The highest BCUT2D eigenvalue weighted by molar-refractivity contribution is 7.99. The Labute approximate surface area is 91.5 Å². The van der Waals surface area contributed by atoms with E-state index in [4.69, 9.17) is 5.11 Å². The van der Waals surface area contributed by atoms with Crippen LogP contribution in [0.4, 0.5) is 0 Å². The van der Waals surface area contributed by atoms with Gasteiger partial charge in [0.2, 0.25) is 0 Å². The van der Waals surface area contributed by atoms with Gasteiger partial charge in [0.25, 0.3) is 0 Å². The SMILES string of the molecule is CCCCCCCCCSCC(=O)O. The number of aliphatic carboxylic acids is 1. The maximum Gasteiger partial charge on any atom is 0.313 e. The van der Waals surface area contributed by atoms with Gasteiger partial charge in [-0.15, -0.1) is 0 Å². The Morgan fingerprint density at radius 2 is 1.64 bits per heavy atom. The van der Waals surface area contributed by atoms with Crippen LogP contribution in [0.25, 0.3) is 0 Å². The first-order chi connectivity index (χ1) is 6.77. The van der Waals surface area contributed by atoms with Crippen molar-refractivity contribution in [2.75, 3.05) is 11.5 Å². The fraction of sp³-hybridized carbons (Fsp3) is 0.909. The third-order valence-corrected chi connectivity index (χ3v) is 3.15. The molecule has 0 aromatic heterocycles. The highest BCUT2D eigenvalue weighted by Crippen LogP contribution is 2.10. The Morgan fingerprint density at radius 3 is 2.21 bits per heavy atom. The number of thioether (sulfide) groups is 1. The van der Waals surface area contributed by atoms with Crippen molar-refractivity contribution in [3.8, 4) is 0 Å². The molecule has 0 bridgehead atoms. The molecule has 3 heteroatoms. The first kappa shape index (κ1) is 13.8. The molecule has 0 heterocycles. The van der Waals surface area contributed by atoms with Crippen LogP contribution in [0.1, 0.15) is 51.9 Å². The number of unbranched alkanes of at least 4 members (excludes halogenated alkanes) is 6. The van der Waals surface area contributed by atoms with Gasteiger partial charge in [-0.1, -0.05) is 45.4 Å². The van der Waals surface area contributed by atoms with Crippen molar-refractivity contribution in [2.24, 2.45) is 0 Å². The molecular formula is C11H22O2S. The molecule has 14 heavy (non-hydrogen) atoms. The molecule has 0 unspecified atom stereocenters. The predicted octanol–water partition coefficient (Wildman–Crippen LogP) is 3.55. The first-order valence-corrected chi connectivity index (χ1v) is 6.72. The van der Waals surface area contributed by atoms with Crippen molar-refractivity contribution in [2.45, 2.75) is 51.9 Å². The van der Waals surface area contributed by atoms with Crippen molar-refractivity contribution in [3.63, 3.8) is 0 Å². The Hall–Kier alpha value is -0.180. The lowest BCUT2D eigenvalue weighted by molar-refractivity contribution is -0.133. The minimum Gasteiger partial charge on any atom is -0.481 e. The van der Waals surface area contributed by atoms with Crippen LogP contribution in [0.5, 0.6) is 0 Å². The van der Waals surface area contributed by atoms with E-state index < -0.39 is 5.97 Å². The topological polar surface area (TPSA) is 37.3 Å². The van der Waals surface area contributed by atoms with E-state index in [1.807, 2.05) is 0 Å². The molecule has 0 fully saturated rings. The molecule has 1 N–H and O–H groups in total. The minimum atomic E-state index is -0.696. The Bertz CT molecular complexity index is 137. The standard InChI is InChI=1S/C11H22O2S/c1-2-3-4-5-6-7-8-9-14-10-11(12)13/h2-10H2,1H3,(H,12,13). The number of rotatable bonds is 10. The second-order valence-corrected chi connectivity index (χ2v) is 4.67. The molecule has 0 aromatic carbocycles. The number of carboxylic acids is 1. The second-order valence-electron chi connectivity index (χ2n) is 3.57. The molecule has 0 saturated carbocycles. The molecule has 0 radical (unpaired) electrons. The Balaban J connectivity index is 2.88. The van der Waals surface area contributed by atoms with E-state index in [-0.39, 0.29) is 5.75 Å². The molecule has 0 aliphatic heterocycles. The molecule has 0 aromatic rings. The maximum absolute atomic E-state index is 10.2. The van der Waals surface area contributed by atoms with Gasteiger partial charge in [0, 0.05) is 0 Å². The predicted molar refractivity (Wildman–Crippen MR) is 63.0 cm³/mol. The maximum atomic E-state index is 10.2. The highest BCUT2D eigenvalue weighted by atomic mass is 32.2. The first-order valence-electron chi connectivity index (χ1n) is 5.57. The summed E-state index contributed by atoms with van der Waals surface area (Å²) in [6, 6.07) is 0. The molecule has 0 aliphatic carbocycles. The fourth-order valence-electron chi connectivity index (χ4n) is 1.32. The molecule has 2 nitrogen and oxygen atoms in total. The largest absolute Gasteiger partial charge is 0.481 e. The summed E-state index contributed by atoms with van der Waals surface area (Å²) in [5.74, 6) is 0.563. The molecule has 0 atom stereocenters. The second kappa shape index (κ2) is 10.9. The zero-order valence-electron chi connectivity index (χ0n) is 9.13. The molecule has 0 rings (SSSR count). The summed E-state index contributed by atoms with van der Waals surface area (Å²) in [4.78, 5) is 10.2. The van der Waals surface area contributed by atoms with Gasteiger partial charge in [0.05, 0.1) is 5.75 Å². The van der Waals surface area contributed by atoms with Crippen molar-refractivity contribution in [3.05, 3.63) is 0 Å². The number of hydrogen-bond donors (Lipinski definition) is 1. The fourth-order valence-corrected chi connectivity index (χ4v) is 2.05. The summed E-state index contributed by atoms with van der Waals surface area (Å²) in [6.07, 6.45) is 9.10. The van der Waals surface area contributed by atoms with E-state index in [0.29, 0.717) is 0 Å². The normalized spacial score (nSPS) is 10.4. The van der Waals surface area contributed by atoms with Gasteiger partial charge < -0.3 is 5.11 Å². The lowest BCUT2D eigenvalue weighted by Crippen LogP contribution is -1.98. The van der Waals surface area contributed by atoms with Gasteiger partial charge in [0.1, 0.15) is 0 Å². The summed E-state index contributed by atoms with van der Waals surface area (Å²) in [7, 11) is 0. The van der Waals surface area contributed by atoms with Crippen LogP contribution in [-0.2, 0) is 4.79 Å². The van der Waals surface area contributed by atoms with Crippen molar-refractivity contribution >= 4 is 17.7 Å². The van der Waals surface area contributed by atoms with Crippen molar-refractivity contribution in [1.29, 1.82) is 0 Å². The zero-order chi connectivity index (χ0) is 10.6. The summed E-state index contributed by atoms with van der Waals surface area (Å²) >= 11 is 1.53. The third-order valence-electron chi connectivity index (χ3n) is 2.12. The van der Waals surface area contributed by atoms with Gasteiger partial charge in [-0.05, 0) is 12.2 Å². The van der Waals surface area contributed by atoms with Crippen LogP contribution in [0, 0.1) is 0 Å². The third kappa shape index (κ3) is 11.8. The van der Waals surface area contributed by atoms with E-state index in [0.717, 1.165) is 5.75 Å². The summed E-state index contributed by atoms with van der Waals surface area (Å²) in [6.45, 7) is 2.22. The van der Waals surface area contributed by atoms with Crippen LogP contribution in [0.2, 0.25) is 0 Å². The van der Waals surface area contributed by atoms with E-state index in [2.05, 4.69) is 6.92 Å². The molecule has 0 amide bonds. The Kier molecular flexibility index (Phi) is 10.8. The number of carboxylic acid groups (broad SMARTS) is 1. The quantitative estimate of drug-likeness (QED) is 0.570. The van der Waals surface area contributed by atoms with E-state index >= 15 is 0 Å². The van der Waals surface area contributed by atoms with Crippen LogP contribution in [0.15, 0.2) is 0 Å². The average molecular weight is 218 g/mol. The minimum absolute atomic E-state index is 0.260. The van der Waals surface area contributed by atoms with Crippen molar-refractivity contribution in [1.82, 2.24) is 0 Å². The highest BCUT2D eigenvalue weighted by Gasteiger charge is 1.96. The molecule has 0 saturated heterocycles. The van der Waals surface area contributed by atoms with Gasteiger partial charge in [-0.2, -0.15) is 11.8 Å². The van der Waals surface area contributed by atoms with Gasteiger partial charge in [0.15, 0.2) is 0 Å². The zero-order valence-corrected chi connectivity index (χ0v) is 9.94. The summed E-state index contributed by atoms with van der Waals surface area (Å²) in [5, 5.41) is 8.39. The monoisotopic (exact) mass is 218 g/mol. The van der Waals surface area contributed by atoms with Crippen LogP contribution in [-0.4, -0.2) is 22.6 Å². The van der Waals surface area contributed by atoms with E-state index in [1.54, 1.807) is 0 Å². The van der Waals surface area contributed by atoms with Gasteiger partial charge in [-0.3, -0.25) is 4.79 Å². The number of carbonyl (C=O) groups is 1. The number of hydrogen-bond acceptors (Lipinski definition) is 2.